The smallest absolute Gasteiger partial charge is 0.102 e. The molecule has 0 saturated carbocycles. The van der Waals surface area contributed by atoms with Crippen LogP contribution in [0.25, 0.3) is 11.1 Å². The number of rotatable bonds is 2. The molecule has 2 aromatic carbocycles. The lowest BCUT2D eigenvalue weighted by atomic mass is 9.82. The predicted octanol–water partition coefficient (Wildman–Crippen LogP) is 2.48. The van der Waals surface area contributed by atoms with Crippen LogP contribution in [-0.2, 0) is 12.8 Å². The maximum absolute atomic E-state index is 9.88. The van der Waals surface area contributed by atoms with Gasteiger partial charge in [0.15, 0.2) is 0 Å². The third kappa shape index (κ3) is 1.74. The van der Waals surface area contributed by atoms with Gasteiger partial charge in [-0.1, -0.05) is 42.5 Å². The van der Waals surface area contributed by atoms with Gasteiger partial charge in [0.05, 0.1) is 6.61 Å². The van der Waals surface area contributed by atoms with Gasteiger partial charge in [0, 0.05) is 0 Å². The summed E-state index contributed by atoms with van der Waals surface area (Å²) in [5.41, 5.74) is 5.86. The van der Waals surface area contributed by atoms with E-state index in [1.165, 1.54) is 22.3 Å². The molecule has 2 nitrogen and oxygen atoms in total. The van der Waals surface area contributed by atoms with Crippen LogP contribution in [0.3, 0.4) is 0 Å². The number of aryl methyl sites for hydroxylation is 1. The number of aliphatic hydroxyl groups excluding tert-OH is 2. The summed E-state index contributed by atoms with van der Waals surface area (Å²) in [6.07, 6.45) is 1.16. The van der Waals surface area contributed by atoms with Crippen molar-refractivity contribution < 1.29 is 10.2 Å². The molecule has 18 heavy (non-hydrogen) atoms. The van der Waals surface area contributed by atoms with Crippen LogP contribution < -0.4 is 0 Å². The quantitative estimate of drug-likeness (QED) is 0.846. The average molecular weight is 240 g/mol. The van der Waals surface area contributed by atoms with Crippen LogP contribution in [0.2, 0.25) is 0 Å². The summed E-state index contributed by atoms with van der Waals surface area (Å²) >= 11 is 0. The van der Waals surface area contributed by atoms with Crippen LogP contribution in [0.4, 0.5) is 0 Å². The molecule has 2 heteroatoms. The first-order chi connectivity index (χ1) is 8.81. The Morgan fingerprint density at radius 1 is 0.944 bits per heavy atom. The lowest BCUT2D eigenvalue weighted by molar-refractivity contribution is 0.0949. The summed E-state index contributed by atoms with van der Waals surface area (Å²) in [5.74, 6) is 0. The van der Waals surface area contributed by atoms with Crippen LogP contribution >= 0.6 is 0 Å². The van der Waals surface area contributed by atoms with Crippen LogP contribution in [0.5, 0.6) is 0 Å². The van der Waals surface area contributed by atoms with Crippen molar-refractivity contribution in [3.63, 3.8) is 0 Å². The van der Waals surface area contributed by atoms with E-state index in [0.717, 1.165) is 18.4 Å². The fourth-order valence-corrected chi connectivity index (χ4v) is 2.81. The van der Waals surface area contributed by atoms with Crippen molar-refractivity contribution in [2.45, 2.75) is 18.9 Å². The van der Waals surface area contributed by atoms with E-state index >= 15 is 0 Å². The summed E-state index contributed by atoms with van der Waals surface area (Å²) in [7, 11) is 0. The van der Waals surface area contributed by atoms with Crippen molar-refractivity contribution in [1.29, 1.82) is 0 Å². The minimum absolute atomic E-state index is 0.224. The fourth-order valence-electron chi connectivity index (χ4n) is 2.81. The molecule has 0 spiro atoms. The highest BCUT2D eigenvalue weighted by atomic mass is 16.3. The SMILES string of the molecule is OCC(O)c1cccc2c1CCc1ccccc1-2. The lowest BCUT2D eigenvalue weighted by Gasteiger charge is -2.23. The standard InChI is InChI=1S/C16H16O2/c17-10-16(18)15-7-3-6-13-12-5-2-1-4-11(12)8-9-14(13)15/h1-7,16-18H,8-10H2. The van der Waals surface area contributed by atoms with Gasteiger partial charge in [-0.25, -0.2) is 0 Å². The number of aliphatic hydroxyl groups is 2. The van der Waals surface area contributed by atoms with Gasteiger partial charge in [-0.2, -0.15) is 0 Å². The Balaban J connectivity index is 2.18. The van der Waals surface area contributed by atoms with Gasteiger partial charge < -0.3 is 10.2 Å². The second-order valence-electron chi connectivity index (χ2n) is 4.73. The Morgan fingerprint density at radius 2 is 1.72 bits per heavy atom. The summed E-state index contributed by atoms with van der Waals surface area (Å²) in [6.45, 7) is -0.224. The second kappa shape index (κ2) is 4.56. The zero-order valence-electron chi connectivity index (χ0n) is 10.1. The highest BCUT2D eigenvalue weighted by molar-refractivity contribution is 5.74. The van der Waals surface area contributed by atoms with E-state index in [-0.39, 0.29) is 6.61 Å². The molecule has 0 saturated heterocycles. The Bertz CT molecular complexity index is 575. The van der Waals surface area contributed by atoms with Crippen LogP contribution in [-0.4, -0.2) is 16.8 Å². The molecular formula is C16H16O2. The molecule has 0 bridgehead atoms. The van der Waals surface area contributed by atoms with Crippen LogP contribution in [0.15, 0.2) is 42.5 Å². The summed E-state index contributed by atoms with van der Waals surface area (Å²) in [5, 5.41) is 19.0. The maximum Gasteiger partial charge on any atom is 0.102 e. The Hall–Kier alpha value is -1.64. The highest BCUT2D eigenvalue weighted by Gasteiger charge is 2.20. The van der Waals surface area contributed by atoms with Crippen molar-refractivity contribution in [3.8, 4) is 11.1 Å². The zero-order chi connectivity index (χ0) is 12.5. The molecule has 0 heterocycles. The summed E-state index contributed by atoms with van der Waals surface area (Å²) in [6, 6.07) is 14.4. The van der Waals surface area contributed by atoms with Gasteiger partial charge in [-0.15, -0.1) is 0 Å². The molecule has 0 radical (unpaired) electrons. The maximum atomic E-state index is 9.88. The third-order valence-electron chi connectivity index (χ3n) is 3.70. The molecule has 0 aromatic heterocycles. The summed E-state index contributed by atoms with van der Waals surface area (Å²) < 4.78 is 0. The van der Waals surface area contributed by atoms with E-state index in [9.17, 15) is 5.11 Å². The van der Waals surface area contributed by atoms with E-state index in [1.54, 1.807) is 0 Å². The van der Waals surface area contributed by atoms with Gasteiger partial charge in [0.2, 0.25) is 0 Å². The molecule has 0 aliphatic heterocycles. The van der Waals surface area contributed by atoms with Crippen molar-refractivity contribution in [1.82, 2.24) is 0 Å². The Kier molecular flexibility index (Phi) is 2.90. The van der Waals surface area contributed by atoms with E-state index in [4.69, 9.17) is 5.11 Å². The Labute approximate surface area is 107 Å². The fraction of sp³-hybridized carbons (Fsp3) is 0.250. The number of benzene rings is 2. The Morgan fingerprint density at radius 3 is 2.56 bits per heavy atom. The van der Waals surface area contributed by atoms with Crippen LogP contribution in [0.1, 0.15) is 22.8 Å². The van der Waals surface area contributed by atoms with Crippen LogP contribution in [0, 0.1) is 0 Å². The lowest BCUT2D eigenvalue weighted by Crippen LogP contribution is -2.11. The largest absolute Gasteiger partial charge is 0.393 e. The number of hydrogen-bond acceptors (Lipinski definition) is 2. The molecule has 1 unspecified atom stereocenters. The molecule has 0 amide bonds. The normalized spacial score (nSPS) is 14.8. The number of fused-ring (bicyclic) bond motifs is 3. The van der Waals surface area contributed by atoms with E-state index < -0.39 is 6.10 Å². The predicted molar refractivity (Wildman–Crippen MR) is 71.3 cm³/mol. The third-order valence-corrected chi connectivity index (χ3v) is 3.70. The molecule has 3 rings (SSSR count). The molecule has 2 N–H and O–H groups in total. The molecule has 1 aliphatic carbocycles. The van der Waals surface area contributed by atoms with E-state index in [0.29, 0.717) is 0 Å². The first-order valence-electron chi connectivity index (χ1n) is 6.30. The molecule has 1 atom stereocenters. The van der Waals surface area contributed by atoms with Gasteiger partial charge in [-0.3, -0.25) is 0 Å². The molecule has 0 fully saturated rings. The minimum atomic E-state index is -0.773. The monoisotopic (exact) mass is 240 g/mol. The zero-order valence-corrected chi connectivity index (χ0v) is 10.1. The second-order valence-corrected chi connectivity index (χ2v) is 4.73. The van der Waals surface area contributed by atoms with Gasteiger partial charge in [-0.05, 0) is 40.7 Å². The van der Waals surface area contributed by atoms with Gasteiger partial charge in [0.25, 0.3) is 0 Å². The molecular weight excluding hydrogens is 224 g/mol. The topological polar surface area (TPSA) is 40.5 Å². The highest BCUT2D eigenvalue weighted by Crippen LogP contribution is 2.36. The van der Waals surface area contributed by atoms with Crippen molar-refractivity contribution in [2.24, 2.45) is 0 Å². The average Bonchev–Trinajstić information content (AvgIpc) is 2.45. The van der Waals surface area contributed by atoms with E-state index in [2.05, 4.69) is 24.3 Å². The van der Waals surface area contributed by atoms with Crippen molar-refractivity contribution >= 4 is 0 Å². The molecule has 92 valence electrons. The molecule has 2 aromatic rings. The minimum Gasteiger partial charge on any atom is -0.393 e. The molecule has 1 aliphatic rings. The van der Waals surface area contributed by atoms with Crippen molar-refractivity contribution in [3.05, 3.63) is 59.2 Å². The first-order valence-corrected chi connectivity index (χ1v) is 6.30. The number of hydrogen-bond donors (Lipinski definition) is 2. The summed E-state index contributed by atoms with van der Waals surface area (Å²) in [4.78, 5) is 0. The van der Waals surface area contributed by atoms with E-state index in [1.807, 2.05) is 18.2 Å². The van der Waals surface area contributed by atoms with Gasteiger partial charge in [0.1, 0.15) is 6.10 Å². The van der Waals surface area contributed by atoms with Crippen molar-refractivity contribution in [2.75, 3.05) is 6.61 Å². The van der Waals surface area contributed by atoms with Gasteiger partial charge >= 0.3 is 0 Å². The first kappa shape index (κ1) is 11.5.